The van der Waals surface area contributed by atoms with E-state index in [1.54, 1.807) is 35.0 Å². The molecule has 2 aromatic heterocycles. The van der Waals surface area contributed by atoms with Crippen LogP contribution in [-0.4, -0.2) is 20.6 Å². The van der Waals surface area contributed by atoms with Crippen molar-refractivity contribution in [2.45, 2.75) is 6.54 Å². The SMILES string of the molecule is N#Cc1cccn1Cc1cccc(C(=O)O)n1. The van der Waals surface area contributed by atoms with Crippen molar-refractivity contribution in [2.75, 3.05) is 0 Å². The number of nitrogens with zero attached hydrogens (tertiary/aromatic N) is 3. The standard InChI is InChI=1S/C12H9N3O2/c13-7-10-4-2-6-15(10)8-9-3-1-5-11(14-9)12(16)17/h1-6H,8H2,(H,16,17). The maximum atomic E-state index is 10.8. The molecule has 0 amide bonds. The Labute approximate surface area is 97.6 Å². The monoisotopic (exact) mass is 227 g/mol. The van der Waals surface area contributed by atoms with E-state index >= 15 is 0 Å². The van der Waals surface area contributed by atoms with Gasteiger partial charge >= 0.3 is 5.97 Å². The van der Waals surface area contributed by atoms with Crippen LogP contribution in [0.3, 0.4) is 0 Å². The van der Waals surface area contributed by atoms with Gasteiger partial charge in [-0.25, -0.2) is 9.78 Å². The van der Waals surface area contributed by atoms with Crippen molar-refractivity contribution < 1.29 is 9.90 Å². The summed E-state index contributed by atoms with van der Waals surface area (Å²) >= 11 is 0. The van der Waals surface area contributed by atoms with E-state index in [0.29, 0.717) is 17.9 Å². The van der Waals surface area contributed by atoms with Gasteiger partial charge in [0.1, 0.15) is 17.5 Å². The molecule has 0 spiro atoms. The minimum absolute atomic E-state index is 0.00756. The molecular weight excluding hydrogens is 218 g/mol. The minimum Gasteiger partial charge on any atom is -0.477 e. The molecule has 2 aromatic rings. The van der Waals surface area contributed by atoms with Gasteiger partial charge in [0, 0.05) is 6.20 Å². The summed E-state index contributed by atoms with van der Waals surface area (Å²) in [5, 5.41) is 17.7. The zero-order chi connectivity index (χ0) is 12.3. The van der Waals surface area contributed by atoms with E-state index < -0.39 is 5.97 Å². The van der Waals surface area contributed by atoms with Crippen molar-refractivity contribution in [3.05, 3.63) is 53.6 Å². The Morgan fingerprint density at radius 1 is 1.41 bits per heavy atom. The van der Waals surface area contributed by atoms with Crippen LogP contribution in [0.5, 0.6) is 0 Å². The van der Waals surface area contributed by atoms with Crippen LogP contribution < -0.4 is 0 Å². The van der Waals surface area contributed by atoms with Crippen LogP contribution in [0.2, 0.25) is 0 Å². The van der Waals surface area contributed by atoms with E-state index in [0.717, 1.165) is 0 Å². The summed E-state index contributed by atoms with van der Waals surface area (Å²) in [7, 11) is 0. The van der Waals surface area contributed by atoms with Crippen molar-refractivity contribution in [1.29, 1.82) is 5.26 Å². The molecule has 0 bridgehead atoms. The summed E-state index contributed by atoms with van der Waals surface area (Å²) in [6.45, 7) is 0.386. The first-order valence-corrected chi connectivity index (χ1v) is 4.95. The highest BCUT2D eigenvalue weighted by molar-refractivity contribution is 5.85. The summed E-state index contributed by atoms with van der Waals surface area (Å²) in [6.07, 6.45) is 1.76. The van der Waals surface area contributed by atoms with Gasteiger partial charge in [-0.1, -0.05) is 6.07 Å². The van der Waals surface area contributed by atoms with Crippen LogP contribution in [-0.2, 0) is 6.54 Å². The Morgan fingerprint density at radius 3 is 2.94 bits per heavy atom. The summed E-state index contributed by atoms with van der Waals surface area (Å²) in [5.41, 5.74) is 1.14. The van der Waals surface area contributed by atoms with Crippen LogP contribution in [0, 0.1) is 11.3 Å². The Hall–Kier alpha value is -2.61. The third kappa shape index (κ3) is 2.32. The van der Waals surface area contributed by atoms with Crippen molar-refractivity contribution in [3.8, 4) is 6.07 Å². The van der Waals surface area contributed by atoms with Crippen LogP contribution in [0.15, 0.2) is 36.5 Å². The molecule has 1 N–H and O–H groups in total. The van der Waals surface area contributed by atoms with Gasteiger partial charge in [0.2, 0.25) is 0 Å². The molecule has 17 heavy (non-hydrogen) atoms. The highest BCUT2D eigenvalue weighted by Gasteiger charge is 2.06. The maximum absolute atomic E-state index is 10.8. The molecule has 2 rings (SSSR count). The average Bonchev–Trinajstić information content (AvgIpc) is 2.76. The number of carboxylic acid groups (broad SMARTS) is 1. The van der Waals surface area contributed by atoms with Gasteiger partial charge in [0.15, 0.2) is 0 Å². The number of nitriles is 1. The molecule has 0 aliphatic rings. The van der Waals surface area contributed by atoms with Gasteiger partial charge < -0.3 is 9.67 Å². The first-order valence-electron chi connectivity index (χ1n) is 4.95. The number of carbonyl (C=O) groups is 1. The number of hydrogen-bond donors (Lipinski definition) is 1. The summed E-state index contributed by atoms with van der Waals surface area (Å²) < 4.78 is 1.72. The third-order valence-corrected chi connectivity index (χ3v) is 2.30. The predicted molar refractivity (Wildman–Crippen MR) is 59.4 cm³/mol. The van der Waals surface area contributed by atoms with E-state index in [2.05, 4.69) is 11.1 Å². The maximum Gasteiger partial charge on any atom is 0.354 e. The lowest BCUT2D eigenvalue weighted by Gasteiger charge is -2.04. The molecule has 0 unspecified atom stereocenters. The molecule has 5 nitrogen and oxygen atoms in total. The second-order valence-electron chi connectivity index (χ2n) is 3.45. The Bertz CT molecular complexity index is 596. The molecule has 0 atom stereocenters. The third-order valence-electron chi connectivity index (χ3n) is 2.30. The molecule has 5 heteroatoms. The van der Waals surface area contributed by atoms with Crippen molar-refractivity contribution in [3.63, 3.8) is 0 Å². The number of aromatic nitrogens is 2. The highest BCUT2D eigenvalue weighted by Crippen LogP contribution is 2.06. The lowest BCUT2D eigenvalue weighted by Crippen LogP contribution is -2.06. The van der Waals surface area contributed by atoms with E-state index in [9.17, 15) is 4.79 Å². The smallest absolute Gasteiger partial charge is 0.354 e. The molecule has 0 saturated heterocycles. The van der Waals surface area contributed by atoms with Crippen LogP contribution in [0.25, 0.3) is 0 Å². The second-order valence-corrected chi connectivity index (χ2v) is 3.45. The molecule has 0 fully saturated rings. The molecule has 2 heterocycles. The second kappa shape index (κ2) is 4.49. The van der Waals surface area contributed by atoms with E-state index in [-0.39, 0.29) is 5.69 Å². The first-order chi connectivity index (χ1) is 8.20. The van der Waals surface area contributed by atoms with Crippen LogP contribution in [0.4, 0.5) is 0 Å². The minimum atomic E-state index is -1.06. The fourth-order valence-corrected chi connectivity index (χ4v) is 1.51. The number of aromatic carboxylic acids is 1. The van der Waals surface area contributed by atoms with Gasteiger partial charge in [-0.15, -0.1) is 0 Å². The summed E-state index contributed by atoms with van der Waals surface area (Å²) in [4.78, 5) is 14.7. The van der Waals surface area contributed by atoms with E-state index in [1.165, 1.54) is 6.07 Å². The van der Waals surface area contributed by atoms with Crippen LogP contribution in [0.1, 0.15) is 21.9 Å². The Kier molecular flexibility index (Phi) is 2.88. The molecular formula is C12H9N3O2. The quantitative estimate of drug-likeness (QED) is 0.861. The zero-order valence-corrected chi connectivity index (χ0v) is 8.87. The van der Waals surface area contributed by atoms with Gasteiger partial charge in [-0.05, 0) is 24.3 Å². The van der Waals surface area contributed by atoms with Gasteiger partial charge in [-0.2, -0.15) is 5.26 Å². The summed E-state index contributed by atoms with van der Waals surface area (Å²) in [5.74, 6) is -1.06. The largest absolute Gasteiger partial charge is 0.477 e. The predicted octanol–water partition coefficient (Wildman–Crippen LogP) is 1.50. The average molecular weight is 227 g/mol. The lowest BCUT2D eigenvalue weighted by molar-refractivity contribution is 0.0690. The summed E-state index contributed by atoms with van der Waals surface area (Å²) in [6, 6.07) is 10.3. The van der Waals surface area contributed by atoms with Gasteiger partial charge in [-0.3, -0.25) is 0 Å². The van der Waals surface area contributed by atoms with Crippen molar-refractivity contribution in [1.82, 2.24) is 9.55 Å². The van der Waals surface area contributed by atoms with Gasteiger partial charge in [0.25, 0.3) is 0 Å². The lowest BCUT2D eigenvalue weighted by atomic mass is 10.3. The van der Waals surface area contributed by atoms with E-state index in [4.69, 9.17) is 10.4 Å². The number of pyridine rings is 1. The number of hydrogen-bond acceptors (Lipinski definition) is 3. The van der Waals surface area contributed by atoms with Crippen LogP contribution >= 0.6 is 0 Å². The molecule has 0 aromatic carbocycles. The molecule has 84 valence electrons. The highest BCUT2D eigenvalue weighted by atomic mass is 16.4. The van der Waals surface area contributed by atoms with Crippen molar-refractivity contribution in [2.24, 2.45) is 0 Å². The zero-order valence-electron chi connectivity index (χ0n) is 8.87. The molecule has 0 saturated carbocycles. The van der Waals surface area contributed by atoms with Crippen molar-refractivity contribution >= 4 is 5.97 Å². The van der Waals surface area contributed by atoms with E-state index in [1.807, 2.05) is 0 Å². The number of rotatable bonds is 3. The van der Waals surface area contributed by atoms with Gasteiger partial charge in [0.05, 0.1) is 12.2 Å². The number of carboxylic acids is 1. The Balaban J connectivity index is 2.28. The molecule has 0 radical (unpaired) electrons. The topological polar surface area (TPSA) is 78.9 Å². The first kappa shape index (κ1) is 10.9. The Morgan fingerprint density at radius 2 is 2.24 bits per heavy atom. The fourth-order valence-electron chi connectivity index (χ4n) is 1.51. The normalized spacial score (nSPS) is 9.82. The molecule has 0 aliphatic heterocycles. The molecule has 0 aliphatic carbocycles. The fraction of sp³-hybridized carbons (Fsp3) is 0.0833.